The first kappa shape index (κ1) is 12.9. The Bertz CT molecular complexity index is 167. The van der Waals surface area contributed by atoms with Crippen molar-refractivity contribution in [3.8, 4) is 0 Å². The molecule has 0 aromatic heterocycles. The minimum atomic E-state index is -0.265. The van der Waals surface area contributed by atoms with Crippen molar-refractivity contribution in [1.29, 1.82) is 0 Å². The summed E-state index contributed by atoms with van der Waals surface area (Å²) in [5, 5.41) is 0. The normalized spacial score (nSPS) is 27.2. The molecule has 0 saturated carbocycles. The number of ether oxygens (including phenoxy) is 3. The summed E-state index contributed by atoms with van der Waals surface area (Å²) < 4.78 is 16.6. The van der Waals surface area contributed by atoms with Crippen LogP contribution in [0, 0.1) is 0 Å². The lowest BCUT2D eigenvalue weighted by Gasteiger charge is -2.35. The average Bonchev–Trinajstić information content (AvgIpc) is 2.26. The van der Waals surface area contributed by atoms with E-state index >= 15 is 0 Å². The third-order valence-electron chi connectivity index (χ3n) is 2.60. The quantitative estimate of drug-likeness (QED) is 0.673. The topological polar surface area (TPSA) is 53.7 Å². The lowest BCUT2D eigenvalue weighted by Crippen LogP contribution is -2.48. The van der Waals surface area contributed by atoms with Gasteiger partial charge in [0.1, 0.15) is 5.60 Å². The Morgan fingerprint density at radius 1 is 1.40 bits per heavy atom. The van der Waals surface area contributed by atoms with Crippen molar-refractivity contribution < 1.29 is 14.2 Å². The Labute approximate surface area is 92.1 Å². The molecule has 1 aliphatic rings. The molecule has 1 unspecified atom stereocenters. The molecule has 0 spiro atoms. The first-order valence-electron chi connectivity index (χ1n) is 5.72. The molecule has 1 atom stereocenters. The van der Waals surface area contributed by atoms with Crippen LogP contribution < -0.4 is 5.73 Å². The summed E-state index contributed by atoms with van der Waals surface area (Å²) in [6.45, 7) is 7.22. The molecule has 0 amide bonds. The van der Waals surface area contributed by atoms with Crippen LogP contribution >= 0.6 is 0 Å². The third-order valence-corrected chi connectivity index (χ3v) is 2.60. The zero-order chi connectivity index (χ0) is 11.1. The fraction of sp³-hybridized carbons (Fsp3) is 1.00. The molecule has 1 aliphatic heterocycles. The Hall–Kier alpha value is -0.160. The van der Waals surface area contributed by atoms with Gasteiger partial charge in [-0.05, 0) is 26.7 Å². The van der Waals surface area contributed by atoms with Gasteiger partial charge in [0.15, 0.2) is 0 Å². The molecular formula is C11H23NO3. The van der Waals surface area contributed by atoms with Crippen LogP contribution in [0.3, 0.4) is 0 Å². The first-order valence-corrected chi connectivity index (χ1v) is 5.72. The summed E-state index contributed by atoms with van der Waals surface area (Å²) in [6.07, 6.45) is 2.28. The molecule has 0 bridgehead atoms. The second-order valence-electron chi connectivity index (χ2n) is 4.31. The lowest BCUT2D eigenvalue weighted by atomic mass is 9.97. The second kappa shape index (κ2) is 6.43. The van der Waals surface area contributed by atoms with Crippen molar-refractivity contribution in [3.63, 3.8) is 0 Å². The smallest absolute Gasteiger partial charge is 0.104 e. The largest absolute Gasteiger partial charge is 0.378 e. The number of nitrogens with two attached hydrogens (primary N) is 1. The van der Waals surface area contributed by atoms with E-state index < -0.39 is 0 Å². The maximum absolute atomic E-state index is 5.80. The van der Waals surface area contributed by atoms with E-state index in [1.54, 1.807) is 0 Å². The number of hydrogen-bond donors (Lipinski definition) is 1. The van der Waals surface area contributed by atoms with Crippen molar-refractivity contribution in [2.75, 3.05) is 33.0 Å². The van der Waals surface area contributed by atoms with E-state index in [0.29, 0.717) is 26.4 Å². The highest BCUT2D eigenvalue weighted by Gasteiger charge is 2.32. The predicted octanol–water partition coefficient (Wildman–Crippen LogP) is 0.936. The van der Waals surface area contributed by atoms with E-state index in [-0.39, 0.29) is 11.7 Å². The van der Waals surface area contributed by atoms with Gasteiger partial charge in [-0.1, -0.05) is 0 Å². The van der Waals surface area contributed by atoms with Crippen molar-refractivity contribution in [2.45, 2.75) is 38.4 Å². The van der Waals surface area contributed by atoms with E-state index in [4.69, 9.17) is 19.9 Å². The zero-order valence-corrected chi connectivity index (χ0v) is 9.83. The SMILES string of the molecule is CC(C)OCCOC1(CN)CCCOC1. The van der Waals surface area contributed by atoms with Gasteiger partial charge < -0.3 is 19.9 Å². The van der Waals surface area contributed by atoms with E-state index in [0.717, 1.165) is 19.4 Å². The summed E-state index contributed by atoms with van der Waals surface area (Å²) >= 11 is 0. The van der Waals surface area contributed by atoms with Crippen LogP contribution in [-0.4, -0.2) is 44.7 Å². The minimum Gasteiger partial charge on any atom is -0.378 e. The van der Waals surface area contributed by atoms with Gasteiger partial charge in [-0.3, -0.25) is 0 Å². The monoisotopic (exact) mass is 217 g/mol. The van der Waals surface area contributed by atoms with Crippen molar-refractivity contribution >= 4 is 0 Å². The fourth-order valence-corrected chi connectivity index (χ4v) is 1.70. The van der Waals surface area contributed by atoms with Crippen molar-refractivity contribution in [2.24, 2.45) is 5.73 Å². The molecule has 1 heterocycles. The summed E-state index contributed by atoms with van der Waals surface area (Å²) in [7, 11) is 0. The van der Waals surface area contributed by atoms with Crippen LogP contribution in [0.5, 0.6) is 0 Å². The summed E-state index contributed by atoms with van der Waals surface area (Å²) in [5.74, 6) is 0. The van der Waals surface area contributed by atoms with Gasteiger partial charge in [-0.2, -0.15) is 0 Å². The van der Waals surface area contributed by atoms with Crippen LogP contribution in [-0.2, 0) is 14.2 Å². The molecule has 0 aliphatic carbocycles. The standard InChI is InChI=1S/C11H23NO3/c1-10(2)14-6-7-15-11(8-12)4-3-5-13-9-11/h10H,3-9,12H2,1-2H3. The number of hydrogen-bond acceptors (Lipinski definition) is 4. The van der Waals surface area contributed by atoms with Crippen LogP contribution in [0.2, 0.25) is 0 Å². The average molecular weight is 217 g/mol. The van der Waals surface area contributed by atoms with E-state index in [2.05, 4.69) is 0 Å². The minimum absolute atomic E-state index is 0.255. The van der Waals surface area contributed by atoms with Gasteiger partial charge in [0, 0.05) is 13.2 Å². The Balaban J connectivity index is 2.20. The van der Waals surface area contributed by atoms with E-state index in [1.807, 2.05) is 13.8 Å². The van der Waals surface area contributed by atoms with Crippen molar-refractivity contribution in [1.82, 2.24) is 0 Å². The van der Waals surface area contributed by atoms with Gasteiger partial charge in [0.2, 0.25) is 0 Å². The van der Waals surface area contributed by atoms with E-state index in [1.165, 1.54) is 0 Å². The van der Waals surface area contributed by atoms with Gasteiger partial charge in [0.05, 0.1) is 25.9 Å². The summed E-state index contributed by atoms with van der Waals surface area (Å²) in [5.41, 5.74) is 5.47. The maximum Gasteiger partial charge on any atom is 0.104 e. The lowest BCUT2D eigenvalue weighted by molar-refractivity contribution is -0.134. The van der Waals surface area contributed by atoms with Crippen LogP contribution in [0.1, 0.15) is 26.7 Å². The Kier molecular flexibility index (Phi) is 5.53. The molecule has 0 aromatic rings. The highest BCUT2D eigenvalue weighted by molar-refractivity contribution is 4.84. The summed E-state index contributed by atoms with van der Waals surface area (Å²) in [4.78, 5) is 0. The molecule has 1 fully saturated rings. The highest BCUT2D eigenvalue weighted by atomic mass is 16.6. The van der Waals surface area contributed by atoms with Crippen LogP contribution in [0.25, 0.3) is 0 Å². The molecule has 15 heavy (non-hydrogen) atoms. The molecular weight excluding hydrogens is 194 g/mol. The molecule has 90 valence electrons. The molecule has 4 heteroatoms. The van der Waals surface area contributed by atoms with Gasteiger partial charge in [0.25, 0.3) is 0 Å². The number of rotatable bonds is 6. The zero-order valence-electron chi connectivity index (χ0n) is 9.83. The van der Waals surface area contributed by atoms with Gasteiger partial charge >= 0.3 is 0 Å². The summed E-state index contributed by atoms with van der Waals surface area (Å²) in [6, 6.07) is 0. The molecule has 4 nitrogen and oxygen atoms in total. The Morgan fingerprint density at radius 3 is 2.73 bits per heavy atom. The third kappa shape index (κ3) is 4.47. The molecule has 0 aromatic carbocycles. The van der Waals surface area contributed by atoms with E-state index in [9.17, 15) is 0 Å². The fourth-order valence-electron chi connectivity index (χ4n) is 1.70. The van der Waals surface area contributed by atoms with Crippen molar-refractivity contribution in [3.05, 3.63) is 0 Å². The highest BCUT2D eigenvalue weighted by Crippen LogP contribution is 2.22. The maximum atomic E-state index is 5.80. The first-order chi connectivity index (χ1) is 7.18. The van der Waals surface area contributed by atoms with Gasteiger partial charge in [-0.15, -0.1) is 0 Å². The Morgan fingerprint density at radius 2 is 2.20 bits per heavy atom. The van der Waals surface area contributed by atoms with Crippen LogP contribution in [0.4, 0.5) is 0 Å². The predicted molar refractivity (Wildman–Crippen MR) is 58.9 cm³/mol. The van der Waals surface area contributed by atoms with Crippen LogP contribution in [0.15, 0.2) is 0 Å². The molecule has 1 saturated heterocycles. The second-order valence-corrected chi connectivity index (χ2v) is 4.31. The molecule has 1 rings (SSSR count). The van der Waals surface area contributed by atoms with Gasteiger partial charge in [-0.25, -0.2) is 0 Å². The molecule has 0 radical (unpaired) electrons. The molecule has 2 N–H and O–H groups in total.